The van der Waals surface area contributed by atoms with Crippen molar-refractivity contribution in [1.82, 2.24) is 10.2 Å². The highest BCUT2D eigenvalue weighted by molar-refractivity contribution is 5.80. The fraction of sp³-hybridized carbons (Fsp3) is 0.929. The van der Waals surface area contributed by atoms with Crippen molar-refractivity contribution >= 4 is 5.97 Å². The Bertz CT molecular complexity index is 312. The van der Waals surface area contributed by atoms with Gasteiger partial charge >= 0.3 is 5.97 Å². The van der Waals surface area contributed by atoms with Crippen molar-refractivity contribution < 1.29 is 14.3 Å². The highest BCUT2D eigenvalue weighted by Gasteiger charge is 2.41. The fourth-order valence-corrected chi connectivity index (χ4v) is 2.82. The lowest BCUT2D eigenvalue weighted by Gasteiger charge is -2.37. The Labute approximate surface area is 115 Å². The summed E-state index contributed by atoms with van der Waals surface area (Å²) in [5.41, 5.74) is -0.587. The van der Waals surface area contributed by atoms with Crippen molar-refractivity contribution in [1.29, 1.82) is 0 Å². The van der Waals surface area contributed by atoms with Crippen LogP contribution < -0.4 is 5.32 Å². The van der Waals surface area contributed by atoms with E-state index in [0.717, 1.165) is 25.9 Å². The number of carbonyl (C=O) groups excluding carboxylic acids is 1. The Hall–Kier alpha value is -0.650. The van der Waals surface area contributed by atoms with Crippen molar-refractivity contribution in [3.05, 3.63) is 0 Å². The van der Waals surface area contributed by atoms with Crippen molar-refractivity contribution in [2.75, 3.05) is 33.9 Å². The van der Waals surface area contributed by atoms with Gasteiger partial charge in [-0.05, 0) is 32.6 Å². The third-order valence-electron chi connectivity index (χ3n) is 4.14. The van der Waals surface area contributed by atoms with E-state index in [1.165, 1.54) is 20.0 Å². The van der Waals surface area contributed by atoms with E-state index in [0.29, 0.717) is 18.7 Å². The molecule has 2 aliphatic rings. The molecule has 1 N–H and O–H groups in total. The predicted octanol–water partition coefficient (Wildman–Crippen LogP) is 0.781. The standard InChI is InChI=1S/C14H26N2O3/c1-14(13(17)19-3,15-11-4-5-11)10-16-8-6-12(18-2)7-9-16/h11-12,15H,4-10H2,1-3H3. The highest BCUT2D eigenvalue weighted by Crippen LogP contribution is 2.24. The van der Waals surface area contributed by atoms with Gasteiger partial charge in [0.2, 0.25) is 0 Å². The molecular formula is C14H26N2O3. The molecule has 2 rings (SSSR count). The quantitative estimate of drug-likeness (QED) is 0.723. The molecule has 1 aliphatic heterocycles. The van der Waals surface area contributed by atoms with Gasteiger partial charge in [-0.1, -0.05) is 0 Å². The van der Waals surface area contributed by atoms with Gasteiger partial charge in [-0.3, -0.25) is 10.1 Å². The topological polar surface area (TPSA) is 50.8 Å². The molecule has 5 nitrogen and oxygen atoms in total. The number of ether oxygens (including phenoxy) is 2. The van der Waals surface area contributed by atoms with Crippen LogP contribution in [0.15, 0.2) is 0 Å². The number of esters is 1. The van der Waals surface area contributed by atoms with Crippen LogP contribution in [0, 0.1) is 0 Å². The summed E-state index contributed by atoms with van der Waals surface area (Å²) in [4.78, 5) is 14.4. The minimum absolute atomic E-state index is 0.159. The van der Waals surface area contributed by atoms with Crippen LogP contribution in [0.3, 0.4) is 0 Å². The van der Waals surface area contributed by atoms with Gasteiger partial charge in [-0.25, -0.2) is 0 Å². The molecule has 19 heavy (non-hydrogen) atoms. The van der Waals surface area contributed by atoms with E-state index in [2.05, 4.69) is 10.2 Å². The van der Waals surface area contributed by atoms with Crippen LogP contribution in [0.2, 0.25) is 0 Å². The first-order valence-corrected chi connectivity index (χ1v) is 7.18. The van der Waals surface area contributed by atoms with E-state index in [1.54, 1.807) is 7.11 Å². The maximum absolute atomic E-state index is 12.1. The first-order chi connectivity index (χ1) is 9.07. The SMILES string of the molecule is COC(=O)C(C)(CN1CCC(OC)CC1)NC1CC1. The van der Waals surface area contributed by atoms with Gasteiger partial charge in [0.1, 0.15) is 5.54 Å². The molecule has 5 heteroatoms. The van der Waals surface area contributed by atoms with E-state index in [9.17, 15) is 4.79 Å². The molecule has 0 aromatic heterocycles. The van der Waals surface area contributed by atoms with Crippen molar-refractivity contribution in [3.63, 3.8) is 0 Å². The van der Waals surface area contributed by atoms with Crippen LogP contribution in [-0.2, 0) is 14.3 Å². The van der Waals surface area contributed by atoms with E-state index < -0.39 is 5.54 Å². The summed E-state index contributed by atoms with van der Waals surface area (Å²) in [7, 11) is 3.24. The molecule has 1 atom stereocenters. The number of methoxy groups -OCH3 is 2. The number of nitrogens with one attached hydrogen (secondary N) is 1. The molecule has 1 saturated heterocycles. The molecule has 1 aliphatic carbocycles. The van der Waals surface area contributed by atoms with E-state index in [4.69, 9.17) is 9.47 Å². The lowest BCUT2D eigenvalue weighted by atomic mass is 9.99. The third-order valence-corrected chi connectivity index (χ3v) is 4.14. The van der Waals surface area contributed by atoms with E-state index >= 15 is 0 Å². The summed E-state index contributed by atoms with van der Waals surface area (Å²) in [5.74, 6) is -0.159. The van der Waals surface area contributed by atoms with Crippen molar-refractivity contribution in [2.45, 2.75) is 50.3 Å². The van der Waals surface area contributed by atoms with Gasteiger partial charge in [0.05, 0.1) is 13.2 Å². The zero-order valence-corrected chi connectivity index (χ0v) is 12.3. The zero-order chi connectivity index (χ0) is 13.9. The molecule has 0 radical (unpaired) electrons. The van der Waals surface area contributed by atoms with Crippen LogP contribution in [0.25, 0.3) is 0 Å². The molecule has 0 aromatic rings. The maximum Gasteiger partial charge on any atom is 0.327 e. The van der Waals surface area contributed by atoms with Gasteiger partial charge in [0.25, 0.3) is 0 Å². The maximum atomic E-state index is 12.1. The Morgan fingerprint density at radius 3 is 2.37 bits per heavy atom. The van der Waals surface area contributed by atoms with Crippen LogP contribution in [0.4, 0.5) is 0 Å². The molecule has 2 fully saturated rings. The number of carbonyl (C=O) groups is 1. The van der Waals surface area contributed by atoms with Gasteiger partial charge in [0, 0.05) is 32.8 Å². The smallest absolute Gasteiger partial charge is 0.327 e. The first-order valence-electron chi connectivity index (χ1n) is 7.18. The lowest BCUT2D eigenvalue weighted by molar-refractivity contribution is -0.149. The second-order valence-electron chi connectivity index (χ2n) is 5.95. The van der Waals surface area contributed by atoms with Crippen molar-refractivity contribution in [2.24, 2.45) is 0 Å². The average molecular weight is 270 g/mol. The highest BCUT2D eigenvalue weighted by atomic mass is 16.5. The second-order valence-corrected chi connectivity index (χ2v) is 5.95. The molecule has 1 saturated carbocycles. The normalized spacial score (nSPS) is 25.0. The van der Waals surface area contributed by atoms with Crippen molar-refractivity contribution in [3.8, 4) is 0 Å². The van der Waals surface area contributed by atoms with Crippen LogP contribution in [-0.4, -0.2) is 62.4 Å². The minimum atomic E-state index is -0.587. The third kappa shape index (κ3) is 3.91. The number of rotatable bonds is 6. The fourth-order valence-electron chi connectivity index (χ4n) is 2.82. The summed E-state index contributed by atoms with van der Waals surface area (Å²) >= 11 is 0. The van der Waals surface area contributed by atoms with Gasteiger partial charge in [-0.2, -0.15) is 0 Å². The predicted molar refractivity (Wildman–Crippen MR) is 73.0 cm³/mol. The lowest BCUT2D eigenvalue weighted by Crippen LogP contribution is -2.59. The number of likely N-dealkylation sites (tertiary alicyclic amines) is 1. The first kappa shape index (κ1) is 14.8. The summed E-state index contributed by atoms with van der Waals surface area (Å²) in [6.07, 6.45) is 4.78. The second kappa shape index (κ2) is 6.20. The van der Waals surface area contributed by atoms with Gasteiger partial charge < -0.3 is 14.4 Å². The number of piperidine rings is 1. The molecule has 1 heterocycles. The Balaban J connectivity index is 1.90. The molecule has 0 spiro atoms. The molecule has 0 amide bonds. The zero-order valence-electron chi connectivity index (χ0n) is 12.3. The number of hydrogen-bond acceptors (Lipinski definition) is 5. The Kier molecular flexibility index (Phi) is 4.81. The van der Waals surface area contributed by atoms with Crippen LogP contribution >= 0.6 is 0 Å². The molecular weight excluding hydrogens is 244 g/mol. The van der Waals surface area contributed by atoms with Crippen LogP contribution in [0.5, 0.6) is 0 Å². The molecule has 110 valence electrons. The van der Waals surface area contributed by atoms with E-state index in [-0.39, 0.29) is 5.97 Å². The molecule has 0 bridgehead atoms. The monoisotopic (exact) mass is 270 g/mol. The number of hydrogen-bond donors (Lipinski definition) is 1. The van der Waals surface area contributed by atoms with Gasteiger partial charge in [0.15, 0.2) is 0 Å². The minimum Gasteiger partial charge on any atom is -0.468 e. The Morgan fingerprint density at radius 1 is 1.26 bits per heavy atom. The summed E-state index contributed by atoms with van der Waals surface area (Å²) in [6, 6.07) is 0.487. The molecule has 1 unspecified atom stereocenters. The summed E-state index contributed by atoms with van der Waals surface area (Å²) < 4.78 is 10.4. The average Bonchev–Trinajstić information content (AvgIpc) is 3.22. The molecule has 0 aromatic carbocycles. The largest absolute Gasteiger partial charge is 0.468 e. The van der Waals surface area contributed by atoms with E-state index in [1.807, 2.05) is 6.92 Å². The van der Waals surface area contributed by atoms with Gasteiger partial charge in [-0.15, -0.1) is 0 Å². The van der Waals surface area contributed by atoms with Crippen LogP contribution in [0.1, 0.15) is 32.6 Å². The number of nitrogens with zero attached hydrogens (tertiary/aromatic N) is 1. The Morgan fingerprint density at radius 2 is 1.89 bits per heavy atom. The summed E-state index contributed by atoms with van der Waals surface area (Å²) in [6.45, 7) is 4.64. The summed E-state index contributed by atoms with van der Waals surface area (Å²) in [5, 5.41) is 3.44.